The second-order valence-electron chi connectivity index (χ2n) is 4.67. The van der Waals surface area contributed by atoms with Crippen LogP contribution >= 0.6 is 0 Å². The Bertz CT molecular complexity index is 858. The zero-order valence-electron chi connectivity index (χ0n) is 11.3. The van der Waals surface area contributed by atoms with Crippen LogP contribution in [0.4, 0.5) is 0 Å². The van der Waals surface area contributed by atoms with Crippen LogP contribution in [0.5, 0.6) is 5.75 Å². The quantitative estimate of drug-likeness (QED) is 0.633. The maximum absolute atomic E-state index is 12.0. The van der Waals surface area contributed by atoms with Gasteiger partial charge in [-0.05, 0) is 36.4 Å². The molecule has 0 aliphatic heterocycles. The van der Waals surface area contributed by atoms with E-state index in [1.807, 2.05) is 0 Å². The van der Waals surface area contributed by atoms with Gasteiger partial charge >= 0.3 is 6.16 Å². The third kappa shape index (κ3) is 2.99. The summed E-state index contributed by atoms with van der Waals surface area (Å²) in [6, 6.07) is 14.2. The molecule has 0 spiro atoms. The summed E-state index contributed by atoms with van der Waals surface area (Å²) in [5, 5.41) is 26.7. The maximum atomic E-state index is 12.0. The Hall–Kier alpha value is -2.67. The van der Waals surface area contributed by atoms with E-state index in [0.717, 1.165) is 0 Å². The summed E-state index contributed by atoms with van der Waals surface area (Å²) in [6.07, 6.45) is -3.24. The Morgan fingerprint density at radius 2 is 1.64 bits per heavy atom. The van der Waals surface area contributed by atoms with Gasteiger partial charge in [0.1, 0.15) is 17.1 Å². The van der Waals surface area contributed by atoms with Crippen molar-refractivity contribution in [3.8, 4) is 17.1 Å². The van der Waals surface area contributed by atoms with E-state index in [-0.39, 0.29) is 11.2 Å². The fourth-order valence-electron chi connectivity index (χ4n) is 2.09. The molecular weight excluding hydrogens is 288 g/mol. The monoisotopic (exact) mass is 300 g/mol. The number of benzene rings is 2. The van der Waals surface area contributed by atoms with Crippen LogP contribution in [-0.4, -0.2) is 21.5 Å². The minimum atomic E-state index is -3.24. The standard InChI is InChI=1S/C16H12O6/c17-13-9-15(21-14-4-2-1-3-12(13)14)10-5-7-11(8-6-10)22-16(18,19)20/h1-9,18-20H. The third-order valence-corrected chi connectivity index (χ3v) is 3.03. The Morgan fingerprint density at radius 3 is 2.32 bits per heavy atom. The van der Waals surface area contributed by atoms with E-state index in [2.05, 4.69) is 4.74 Å². The van der Waals surface area contributed by atoms with Crippen molar-refractivity contribution in [1.29, 1.82) is 0 Å². The predicted octanol–water partition coefficient (Wildman–Crippen LogP) is 1.43. The second kappa shape index (κ2) is 5.27. The lowest BCUT2D eigenvalue weighted by Gasteiger charge is -2.15. The van der Waals surface area contributed by atoms with Gasteiger partial charge in [-0.3, -0.25) is 4.79 Å². The molecule has 2 aromatic carbocycles. The van der Waals surface area contributed by atoms with Gasteiger partial charge in [0.25, 0.3) is 0 Å². The molecule has 0 bridgehead atoms. The van der Waals surface area contributed by atoms with Crippen LogP contribution in [0.15, 0.2) is 63.8 Å². The number of para-hydroxylation sites is 1. The minimum absolute atomic E-state index is 0.0411. The first kappa shape index (κ1) is 14.3. The highest BCUT2D eigenvalue weighted by Gasteiger charge is 2.20. The number of ether oxygens (including phenoxy) is 1. The number of rotatable bonds is 3. The highest BCUT2D eigenvalue weighted by molar-refractivity contribution is 5.78. The number of hydrogen-bond acceptors (Lipinski definition) is 6. The lowest BCUT2D eigenvalue weighted by molar-refractivity contribution is -0.419. The van der Waals surface area contributed by atoms with E-state index in [4.69, 9.17) is 19.7 Å². The minimum Gasteiger partial charge on any atom is -0.456 e. The normalized spacial score (nSPS) is 11.6. The molecule has 1 heterocycles. The van der Waals surface area contributed by atoms with Crippen LogP contribution in [-0.2, 0) is 0 Å². The molecular formula is C16H12O6. The molecule has 0 saturated heterocycles. The average Bonchev–Trinajstić information content (AvgIpc) is 2.46. The van der Waals surface area contributed by atoms with Gasteiger partial charge in [-0.2, -0.15) is 0 Å². The van der Waals surface area contributed by atoms with Gasteiger partial charge in [0, 0.05) is 11.6 Å². The fourth-order valence-corrected chi connectivity index (χ4v) is 2.09. The topological polar surface area (TPSA) is 100 Å². The first-order valence-electron chi connectivity index (χ1n) is 6.42. The first-order valence-corrected chi connectivity index (χ1v) is 6.42. The largest absolute Gasteiger partial charge is 0.456 e. The Kier molecular flexibility index (Phi) is 3.42. The van der Waals surface area contributed by atoms with Crippen LogP contribution in [0.25, 0.3) is 22.3 Å². The van der Waals surface area contributed by atoms with Gasteiger partial charge in [-0.25, -0.2) is 0 Å². The number of hydrogen-bond donors (Lipinski definition) is 3. The summed E-state index contributed by atoms with van der Waals surface area (Å²) in [7, 11) is 0. The fraction of sp³-hybridized carbons (Fsp3) is 0.0625. The van der Waals surface area contributed by atoms with Gasteiger partial charge in [0.15, 0.2) is 5.43 Å². The molecule has 0 fully saturated rings. The van der Waals surface area contributed by atoms with Crippen molar-refractivity contribution in [2.45, 2.75) is 6.16 Å². The van der Waals surface area contributed by atoms with E-state index < -0.39 is 6.16 Å². The zero-order valence-corrected chi connectivity index (χ0v) is 11.3. The molecule has 0 saturated carbocycles. The molecule has 0 amide bonds. The van der Waals surface area contributed by atoms with Gasteiger partial charge in [0.2, 0.25) is 0 Å². The number of fused-ring (bicyclic) bond motifs is 1. The summed E-state index contributed by atoms with van der Waals surface area (Å²) in [4.78, 5) is 12.0. The smallest absolute Gasteiger partial charge is 0.453 e. The highest BCUT2D eigenvalue weighted by atomic mass is 16.9. The maximum Gasteiger partial charge on any atom is 0.453 e. The van der Waals surface area contributed by atoms with E-state index in [0.29, 0.717) is 22.3 Å². The van der Waals surface area contributed by atoms with Crippen molar-refractivity contribution in [2.24, 2.45) is 0 Å². The molecule has 3 rings (SSSR count). The van der Waals surface area contributed by atoms with Crippen molar-refractivity contribution < 1.29 is 24.5 Å². The van der Waals surface area contributed by atoms with Crippen LogP contribution in [0.3, 0.4) is 0 Å². The predicted molar refractivity (Wildman–Crippen MR) is 77.9 cm³/mol. The van der Waals surface area contributed by atoms with E-state index in [1.54, 1.807) is 36.4 Å². The summed E-state index contributed by atoms with van der Waals surface area (Å²) in [6.45, 7) is 0. The summed E-state index contributed by atoms with van der Waals surface area (Å²) < 4.78 is 10.1. The Labute approximate surface area is 124 Å². The molecule has 1 aromatic heterocycles. The SMILES string of the molecule is O=c1cc(-c2ccc(OC(O)(O)O)cc2)oc2ccccc12. The molecule has 0 unspecified atom stereocenters. The van der Waals surface area contributed by atoms with Crippen molar-refractivity contribution in [2.75, 3.05) is 0 Å². The molecule has 112 valence electrons. The highest BCUT2D eigenvalue weighted by Crippen LogP contribution is 2.25. The first-order chi connectivity index (χ1) is 10.4. The third-order valence-electron chi connectivity index (χ3n) is 3.03. The van der Waals surface area contributed by atoms with Crippen molar-refractivity contribution in [3.63, 3.8) is 0 Å². The lowest BCUT2D eigenvalue weighted by atomic mass is 10.1. The van der Waals surface area contributed by atoms with Gasteiger partial charge in [-0.15, -0.1) is 0 Å². The molecule has 3 aromatic rings. The second-order valence-corrected chi connectivity index (χ2v) is 4.67. The van der Waals surface area contributed by atoms with Crippen LogP contribution in [0.2, 0.25) is 0 Å². The number of aliphatic hydroxyl groups is 3. The van der Waals surface area contributed by atoms with E-state index in [9.17, 15) is 4.79 Å². The van der Waals surface area contributed by atoms with Gasteiger partial charge < -0.3 is 24.5 Å². The van der Waals surface area contributed by atoms with Gasteiger partial charge in [-0.1, -0.05) is 12.1 Å². The van der Waals surface area contributed by atoms with Crippen molar-refractivity contribution in [3.05, 3.63) is 64.8 Å². The van der Waals surface area contributed by atoms with E-state index >= 15 is 0 Å². The van der Waals surface area contributed by atoms with Crippen LogP contribution in [0, 0.1) is 0 Å². The molecule has 0 atom stereocenters. The molecule has 3 N–H and O–H groups in total. The summed E-state index contributed by atoms with van der Waals surface area (Å²) >= 11 is 0. The molecule has 6 heteroatoms. The molecule has 6 nitrogen and oxygen atoms in total. The zero-order chi connectivity index (χ0) is 15.7. The summed E-state index contributed by atoms with van der Waals surface area (Å²) in [5.74, 6) is 0.415. The van der Waals surface area contributed by atoms with Gasteiger partial charge in [0.05, 0.1) is 5.39 Å². The molecule has 0 radical (unpaired) electrons. The van der Waals surface area contributed by atoms with E-state index in [1.165, 1.54) is 18.2 Å². The molecule has 0 aliphatic rings. The summed E-state index contributed by atoms with van der Waals surface area (Å²) in [5.41, 5.74) is 0.928. The van der Waals surface area contributed by atoms with Crippen molar-refractivity contribution >= 4 is 11.0 Å². The van der Waals surface area contributed by atoms with Crippen LogP contribution < -0.4 is 10.2 Å². The lowest BCUT2D eigenvalue weighted by Crippen LogP contribution is -2.34. The molecule has 0 aliphatic carbocycles. The molecule has 22 heavy (non-hydrogen) atoms. The van der Waals surface area contributed by atoms with Crippen molar-refractivity contribution in [1.82, 2.24) is 0 Å². The van der Waals surface area contributed by atoms with Crippen LogP contribution in [0.1, 0.15) is 0 Å². The Balaban J connectivity index is 1.99. The Morgan fingerprint density at radius 1 is 0.955 bits per heavy atom. The average molecular weight is 300 g/mol.